The number of nitrogens with zero attached hydrogens (tertiary/aromatic N) is 7. The topological polar surface area (TPSA) is 130 Å². The third-order valence-corrected chi connectivity index (χ3v) is 5.65. The van der Waals surface area contributed by atoms with Crippen LogP contribution in [0.2, 0.25) is 0 Å². The average molecular weight is 480 g/mol. The Morgan fingerprint density at radius 1 is 1.14 bits per heavy atom. The lowest BCUT2D eigenvalue weighted by Crippen LogP contribution is -2.44. The number of hydrogen-bond acceptors (Lipinski definition) is 8. The summed E-state index contributed by atoms with van der Waals surface area (Å²) in [4.78, 5) is 33.3. The number of ether oxygens (including phenoxy) is 1. The Balaban J connectivity index is 1.74. The Kier molecular flexibility index (Phi) is 6.29. The van der Waals surface area contributed by atoms with Crippen molar-refractivity contribution < 1.29 is 14.3 Å². The summed E-state index contributed by atoms with van der Waals surface area (Å²) >= 11 is 0. The number of nitrogens with one attached hydrogen (secondary N) is 2. The van der Waals surface area contributed by atoms with Crippen molar-refractivity contribution in [3.8, 4) is 17.1 Å². The number of aryl methyl sites for hydroxylation is 1. The molecule has 3 aromatic rings. The maximum atomic E-state index is 13.0. The minimum absolute atomic E-state index is 0.0824. The number of aromatic nitrogens is 5. The van der Waals surface area contributed by atoms with Crippen molar-refractivity contribution >= 4 is 29.1 Å². The zero-order valence-corrected chi connectivity index (χ0v) is 20.7. The van der Waals surface area contributed by atoms with Crippen LogP contribution in [0.1, 0.15) is 31.3 Å². The summed E-state index contributed by atoms with van der Waals surface area (Å²) < 4.78 is 7.28. The molecule has 3 heterocycles. The summed E-state index contributed by atoms with van der Waals surface area (Å²) in [5, 5.41) is 18.5. The van der Waals surface area contributed by atoms with E-state index in [4.69, 9.17) is 4.74 Å². The molecule has 1 aliphatic heterocycles. The summed E-state index contributed by atoms with van der Waals surface area (Å²) in [7, 11) is 4.85. The molecule has 0 spiro atoms. The van der Waals surface area contributed by atoms with Crippen LogP contribution < -0.4 is 20.3 Å². The van der Waals surface area contributed by atoms with Crippen LogP contribution in [0.4, 0.5) is 22.0 Å². The van der Waals surface area contributed by atoms with Gasteiger partial charge in [-0.2, -0.15) is 5.10 Å². The molecule has 0 aliphatic carbocycles. The number of benzene rings is 1. The predicted octanol–water partition coefficient (Wildman–Crippen LogP) is 2.42. The Morgan fingerprint density at radius 3 is 2.51 bits per heavy atom. The molecule has 1 fully saturated rings. The van der Waals surface area contributed by atoms with E-state index in [9.17, 15) is 9.59 Å². The second-order valence-corrected chi connectivity index (χ2v) is 9.05. The number of para-hydroxylation sites is 1. The average Bonchev–Trinajstić information content (AvgIpc) is 3.43. The van der Waals surface area contributed by atoms with Gasteiger partial charge in [0.1, 0.15) is 6.33 Å². The zero-order valence-electron chi connectivity index (χ0n) is 20.7. The molecule has 4 rings (SSSR count). The summed E-state index contributed by atoms with van der Waals surface area (Å²) in [6.45, 7) is 6.98. The second kappa shape index (κ2) is 9.20. The van der Waals surface area contributed by atoms with Crippen LogP contribution in [0, 0.1) is 0 Å². The van der Waals surface area contributed by atoms with Crippen molar-refractivity contribution in [2.24, 2.45) is 7.05 Å². The summed E-state index contributed by atoms with van der Waals surface area (Å²) in [6, 6.07) is 6.97. The van der Waals surface area contributed by atoms with E-state index in [0.717, 1.165) is 0 Å². The molecule has 0 bridgehead atoms. The normalized spacial score (nSPS) is 13.8. The van der Waals surface area contributed by atoms with E-state index in [2.05, 4.69) is 30.9 Å². The number of hydrogen-bond donors (Lipinski definition) is 2. The Bertz CT molecular complexity index is 1270. The third-order valence-electron chi connectivity index (χ3n) is 5.65. The quantitative estimate of drug-likeness (QED) is 0.551. The Labute approximate surface area is 203 Å². The van der Waals surface area contributed by atoms with Crippen molar-refractivity contribution in [3.63, 3.8) is 0 Å². The molecular weight excluding hydrogens is 450 g/mol. The highest BCUT2D eigenvalue weighted by molar-refractivity contribution is 6.00. The van der Waals surface area contributed by atoms with Gasteiger partial charge in [-0.05, 0) is 32.9 Å². The highest BCUT2D eigenvalue weighted by Gasteiger charge is 2.37. The van der Waals surface area contributed by atoms with Gasteiger partial charge in [-0.25, -0.2) is 9.78 Å². The largest absolute Gasteiger partial charge is 0.494 e. The highest BCUT2D eigenvalue weighted by Crippen LogP contribution is 2.37. The fraction of sp³-hybridized carbons (Fsp3) is 0.391. The molecule has 2 N–H and O–H groups in total. The first-order valence-electron chi connectivity index (χ1n) is 11.1. The molecule has 0 radical (unpaired) electrons. The van der Waals surface area contributed by atoms with Crippen LogP contribution in [-0.4, -0.2) is 74.6 Å². The van der Waals surface area contributed by atoms with Gasteiger partial charge in [0.25, 0.3) is 5.91 Å². The van der Waals surface area contributed by atoms with Crippen molar-refractivity contribution in [2.75, 3.05) is 37.5 Å². The van der Waals surface area contributed by atoms with Gasteiger partial charge in [-0.15, -0.1) is 10.2 Å². The minimum Gasteiger partial charge on any atom is -0.494 e. The maximum absolute atomic E-state index is 13.0. The predicted molar refractivity (Wildman–Crippen MR) is 131 cm³/mol. The van der Waals surface area contributed by atoms with Crippen LogP contribution in [0.25, 0.3) is 11.4 Å². The Hall–Kier alpha value is -4.22. The van der Waals surface area contributed by atoms with Crippen molar-refractivity contribution in [3.05, 3.63) is 36.3 Å². The van der Waals surface area contributed by atoms with Gasteiger partial charge in [-0.3, -0.25) is 14.4 Å². The first kappa shape index (κ1) is 23.9. The smallest absolute Gasteiger partial charge is 0.326 e. The van der Waals surface area contributed by atoms with Gasteiger partial charge in [0, 0.05) is 38.8 Å². The van der Waals surface area contributed by atoms with Crippen molar-refractivity contribution in [2.45, 2.75) is 26.3 Å². The summed E-state index contributed by atoms with van der Waals surface area (Å²) in [6.07, 6.45) is 1.60. The molecular formula is C23H29N9O3. The van der Waals surface area contributed by atoms with E-state index < -0.39 is 5.91 Å². The fourth-order valence-electron chi connectivity index (χ4n) is 3.91. The fourth-order valence-corrected chi connectivity index (χ4v) is 3.91. The molecule has 12 heteroatoms. The number of amides is 3. The number of rotatable bonds is 6. The third kappa shape index (κ3) is 4.59. The SMILES string of the molecule is CNC(=O)c1nnc(N2CCN(C(C)(C)C)C2=O)cc1Nc1cccc(-c2ncn(C)n2)c1OC. The first-order chi connectivity index (χ1) is 16.6. The van der Waals surface area contributed by atoms with Gasteiger partial charge in [0.2, 0.25) is 0 Å². The standard InChI is InChI=1S/C23H29N9O3/c1-23(2,3)32-11-10-31(22(32)34)17-12-16(18(28-27-17)21(33)24-4)26-15-9-7-8-14(19(15)35-6)20-25-13-30(5)29-20/h7-9,12-13H,10-11H2,1-6H3,(H,24,33)(H,26,27). The monoisotopic (exact) mass is 479 g/mol. The molecule has 12 nitrogen and oxygen atoms in total. The van der Waals surface area contributed by atoms with Gasteiger partial charge in [0.05, 0.1) is 24.0 Å². The highest BCUT2D eigenvalue weighted by atomic mass is 16.5. The van der Waals surface area contributed by atoms with Gasteiger partial charge < -0.3 is 20.3 Å². The minimum atomic E-state index is -0.419. The lowest BCUT2D eigenvalue weighted by atomic mass is 10.1. The molecule has 0 saturated carbocycles. The van der Waals surface area contributed by atoms with Crippen molar-refractivity contribution in [1.29, 1.82) is 0 Å². The molecule has 184 valence electrons. The molecule has 1 saturated heterocycles. The van der Waals surface area contributed by atoms with E-state index >= 15 is 0 Å². The van der Waals surface area contributed by atoms with Crippen LogP contribution in [0.3, 0.4) is 0 Å². The van der Waals surface area contributed by atoms with Crippen LogP contribution >= 0.6 is 0 Å². The van der Waals surface area contributed by atoms with E-state index in [1.807, 2.05) is 32.9 Å². The maximum Gasteiger partial charge on any atom is 0.326 e. The van der Waals surface area contributed by atoms with E-state index in [0.29, 0.717) is 47.4 Å². The molecule has 2 aromatic heterocycles. The van der Waals surface area contributed by atoms with Gasteiger partial charge in [0.15, 0.2) is 23.1 Å². The second-order valence-electron chi connectivity index (χ2n) is 9.05. The molecule has 0 atom stereocenters. The number of urea groups is 1. The van der Waals surface area contributed by atoms with E-state index in [1.165, 1.54) is 7.05 Å². The van der Waals surface area contributed by atoms with E-state index in [1.54, 1.807) is 47.1 Å². The zero-order chi connectivity index (χ0) is 25.3. The summed E-state index contributed by atoms with van der Waals surface area (Å²) in [5.74, 6) is 0.921. The summed E-state index contributed by atoms with van der Waals surface area (Å²) in [5.41, 5.74) is 1.39. The van der Waals surface area contributed by atoms with Crippen LogP contribution in [-0.2, 0) is 7.05 Å². The molecule has 0 unspecified atom stereocenters. The van der Waals surface area contributed by atoms with E-state index in [-0.39, 0.29) is 17.3 Å². The molecule has 1 aliphatic rings. The molecule has 35 heavy (non-hydrogen) atoms. The van der Waals surface area contributed by atoms with Gasteiger partial charge >= 0.3 is 6.03 Å². The lowest BCUT2D eigenvalue weighted by molar-refractivity contribution is 0.0958. The molecule has 3 amide bonds. The Morgan fingerprint density at radius 2 is 1.91 bits per heavy atom. The van der Waals surface area contributed by atoms with Crippen LogP contribution in [0.5, 0.6) is 5.75 Å². The van der Waals surface area contributed by atoms with Gasteiger partial charge in [-0.1, -0.05) is 6.07 Å². The number of anilines is 3. The number of carbonyl (C=O) groups excluding carboxylic acids is 2. The first-order valence-corrected chi connectivity index (χ1v) is 11.1. The molecule has 1 aromatic carbocycles. The number of methoxy groups -OCH3 is 1. The number of carbonyl (C=O) groups is 2. The van der Waals surface area contributed by atoms with Crippen LogP contribution in [0.15, 0.2) is 30.6 Å². The lowest BCUT2D eigenvalue weighted by Gasteiger charge is -2.31. The van der Waals surface area contributed by atoms with Crippen molar-refractivity contribution in [1.82, 2.24) is 35.2 Å².